The molecule has 0 saturated carbocycles. The maximum Gasteiger partial charge on any atom is 0.273 e. The predicted molar refractivity (Wildman–Crippen MR) is 90.7 cm³/mol. The van der Waals surface area contributed by atoms with Crippen LogP contribution in [-0.4, -0.2) is 52.1 Å². The number of hydrogen-bond acceptors (Lipinski definition) is 6. The van der Waals surface area contributed by atoms with E-state index in [0.29, 0.717) is 24.7 Å². The Labute approximate surface area is 141 Å². The van der Waals surface area contributed by atoms with E-state index >= 15 is 0 Å². The number of hydrogen-bond donors (Lipinski definition) is 3. The van der Waals surface area contributed by atoms with Crippen molar-refractivity contribution in [1.82, 2.24) is 30.6 Å². The molecule has 0 bridgehead atoms. The zero-order valence-electron chi connectivity index (χ0n) is 13.6. The highest BCUT2D eigenvalue weighted by Gasteiger charge is 2.16. The van der Waals surface area contributed by atoms with Crippen molar-refractivity contribution >= 4 is 11.6 Å². The summed E-state index contributed by atoms with van der Waals surface area (Å²) >= 11 is 0. The van der Waals surface area contributed by atoms with Crippen LogP contribution in [0.15, 0.2) is 30.7 Å². The number of carbonyl (C=O) groups excluding carboxylic acids is 1. The van der Waals surface area contributed by atoms with Crippen molar-refractivity contribution in [3.63, 3.8) is 0 Å². The normalized spacial score (nSPS) is 17.4. The number of anilines is 1. The maximum atomic E-state index is 12.1. The summed E-state index contributed by atoms with van der Waals surface area (Å²) in [7, 11) is 0. The monoisotopic (exact) mass is 329 g/mol. The van der Waals surface area contributed by atoms with Crippen molar-refractivity contribution in [2.24, 2.45) is 5.92 Å². The lowest BCUT2D eigenvalue weighted by molar-refractivity contribution is 0.0950. The van der Waals surface area contributed by atoms with Gasteiger partial charge in [0.25, 0.3) is 5.91 Å². The van der Waals surface area contributed by atoms with Crippen molar-refractivity contribution in [1.29, 1.82) is 0 Å². The quantitative estimate of drug-likeness (QED) is 0.641. The third kappa shape index (κ3) is 4.76. The van der Waals surface area contributed by atoms with E-state index in [-0.39, 0.29) is 5.91 Å². The molecule has 3 N–H and O–H groups in total. The van der Waals surface area contributed by atoms with Crippen LogP contribution < -0.4 is 16.0 Å². The average molecular weight is 329 g/mol. The molecule has 0 aliphatic carbocycles. The molecule has 1 atom stereocenters. The van der Waals surface area contributed by atoms with E-state index in [1.807, 2.05) is 12.1 Å². The van der Waals surface area contributed by atoms with Crippen LogP contribution in [0.4, 0.5) is 5.69 Å². The fraction of sp³-hybridized carbons (Fsp3) is 0.500. The Kier molecular flexibility index (Phi) is 5.73. The third-order valence-corrected chi connectivity index (χ3v) is 4.02. The van der Waals surface area contributed by atoms with Gasteiger partial charge in [-0.25, -0.2) is 0 Å². The van der Waals surface area contributed by atoms with E-state index in [1.165, 1.54) is 12.8 Å². The number of rotatable bonds is 7. The summed E-state index contributed by atoms with van der Waals surface area (Å²) in [6.45, 7) is 4.03. The first-order valence-corrected chi connectivity index (χ1v) is 8.34. The second kappa shape index (κ2) is 8.39. The predicted octanol–water partition coefficient (Wildman–Crippen LogP) is 0.515. The Morgan fingerprint density at radius 2 is 2.38 bits per heavy atom. The minimum absolute atomic E-state index is 0.198. The first kappa shape index (κ1) is 16.4. The number of carbonyl (C=O) groups is 1. The van der Waals surface area contributed by atoms with Gasteiger partial charge in [-0.15, -0.1) is 5.10 Å². The molecule has 1 unspecified atom stereocenters. The van der Waals surface area contributed by atoms with E-state index in [1.54, 1.807) is 23.3 Å². The standard InChI is InChI=1S/C16H23N7O/c24-16(20-8-7-19-14-4-2-6-18-10-14)15-12-23(22-21-15)11-13-3-1-5-17-9-13/h2,4,6,10,12-13,17,19H,1,3,5,7-9,11H2,(H,20,24). The summed E-state index contributed by atoms with van der Waals surface area (Å²) in [6.07, 6.45) is 7.57. The molecule has 0 aromatic carbocycles. The van der Waals surface area contributed by atoms with Gasteiger partial charge in [0, 0.05) is 32.0 Å². The number of aromatic nitrogens is 4. The van der Waals surface area contributed by atoms with Gasteiger partial charge in [-0.2, -0.15) is 0 Å². The number of piperidine rings is 1. The molecule has 1 fully saturated rings. The molecule has 1 amide bonds. The lowest BCUT2D eigenvalue weighted by atomic mass is 10.00. The SMILES string of the molecule is O=C(NCCNc1cccnc1)c1cn(CC2CCCNC2)nn1. The van der Waals surface area contributed by atoms with Gasteiger partial charge < -0.3 is 16.0 Å². The zero-order chi connectivity index (χ0) is 16.6. The van der Waals surface area contributed by atoms with Crippen LogP contribution in [0.3, 0.4) is 0 Å². The van der Waals surface area contributed by atoms with Gasteiger partial charge in [0.1, 0.15) is 0 Å². The highest BCUT2D eigenvalue weighted by atomic mass is 16.2. The molecule has 1 aliphatic heterocycles. The van der Waals surface area contributed by atoms with Crippen LogP contribution in [0.25, 0.3) is 0 Å². The second-order valence-corrected chi connectivity index (χ2v) is 5.96. The first-order chi connectivity index (χ1) is 11.8. The molecule has 1 saturated heterocycles. The molecule has 0 spiro atoms. The third-order valence-electron chi connectivity index (χ3n) is 4.02. The molecular weight excluding hydrogens is 306 g/mol. The van der Waals surface area contributed by atoms with E-state index in [9.17, 15) is 4.79 Å². The molecule has 1 aliphatic rings. The molecule has 128 valence electrons. The summed E-state index contributed by atoms with van der Waals surface area (Å²) in [4.78, 5) is 16.1. The number of pyridine rings is 1. The first-order valence-electron chi connectivity index (χ1n) is 8.34. The van der Waals surface area contributed by atoms with Gasteiger partial charge >= 0.3 is 0 Å². The molecule has 2 aromatic rings. The fourth-order valence-electron chi connectivity index (χ4n) is 2.78. The highest BCUT2D eigenvalue weighted by Crippen LogP contribution is 2.11. The summed E-state index contributed by atoms with van der Waals surface area (Å²) in [5.74, 6) is 0.357. The Balaban J connectivity index is 1.40. The van der Waals surface area contributed by atoms with Gasteiger partial charge in [0.2, 0.25) is 0 Å². The molecule has 3 rings (SSSR count). The van der Waals surface area contributed by atoms with Crippen molar-refractivity contribution in [2.45, 2.75) is 19.4 Å². The zero-order valence-corrected chi connectivity index (χ0v) is 13.6. The maximum absolute atomic E-state index is 12.1. The fourth-order valence-corrected chi connectivity index (χ4v) is 2.78. The average Bonchev–Trinajstić information content (AvgIpc) is 3.09. The summed E-state index contributed by atoms with van der Waals surface area (Å²) in [5.41, 5.74) is 1.29. The summed E-state index contributed by atoms with van der Waals surface area (Å²) in [5, 5.41) is 17.4. The number of nitrogens with zero attached hydrogens (tertiary/aromatic N) is 4. The molecule has 3 heterocycles. The largest absolute Gasteiger partial charge is 0.382 e. The Morgan fingerprint density at radius 3 is 3.17 bits per heavy atom. The number of amides is 1. The van der Waals surface area contributed by atoms with Crippen LogP contribution in [0.2, 0.25) is 0 Å². The van der Waals surface area contributed by atoms with Crippen molar-refractivity contribution < 1.29 is 4.79 Å². The van der Waals surface area contributed by atoms with Gasteiger partial charge in [-0.1, -0.05) is 5.21 Å². The minimum atomic E-state index is -0.198. The van der Waals surface area contributed by atoms with Gasteiger partial charge in [-0.3, -0.25) is 14.5 Å². The van der Waals surface area contributed by atoms with E-state index < -0.39 is 0 Å². The Morgan fingerprint density at radius 1 is 1.42 bits per heavy atom. The lowest BCUT2D eigenvalue weighted by Gasteiger charge is -2.22. The molecule has 0 radical (unpaired) electrons. The van der Waals surface area contributed by atoms with E-state index in [2.05, 4.69) is 31.2 Å². The van der Waals surface area contributed by atoms with Crippen LogP contribution in [0, 0.1) is 5.92 Å². The molecule has 8 nitrogen and oxygen atoms in total. The van der Waals surface area contributed by atoms with Crippen LogP contribution in [0.5, 0.6) is 0 Å². The molecule has 24 heavy (non-hydrogen) atoms. The Bertz CT molecular complexity index is 637. The van der Waals surface area contributed by atoms with E-state index in [4.69, 9.17) is 0 Å². The molecule has 2 aromatic heterocycles. The van der Waals surface area contributed by atoms with Crippen molar-refractivity contribution in [2.75, 3.05) is 31.5 Å². The minimum Gasteiger partial charge on any atom is -0.382 e. The van der Waals surface area contributed by atoms with Crippen LogP contribution in [-0.2, 0) is 6.54 Å². The number of nitrogens with one attached hydrogen (secondary N) is 3. The van der Waals surface area contributed by atoms with Crippen LogP contribution in [0.1, 0.15) is 23.3 Å². The topological polar surface area (TPSA) is 96.8 Å². The molecule has 8 heteroatoms. The van der Waals surface area contributed by atoms with Crippen molar-refractivity contribution in [3.05, 3.63) is 36.4 Å². The second-order valence-electron chi connectivity index (χ2n) is 5.96. The van der Waals surface area contributed by atoms with Gasteiger partial charge in [0.15, 0.2) is 5.69 Å². The lowest BCUT2D eigenvalue weighted by Crippen LogP contribution is -2.32. The van der Waals surface area contributed by atoms with Gasteiger partial charge in [0.05, 0.1) is 11.9 Å². The Hall–Kier alpha value is -2.48. The molecular formula is C16H23N7O. The highest BCUT2D eigenvalue weighted by molar-refractivity contribution is 5.91. The van der Waals surface area contributed by atoms with Gasteiger partial charge in [-0.05, 0) is 44.0 Å². The van der Waals surface area contributed by atoms with E-state index in [0.717, 1.165) is 25.3 Å². The summed E-state index contributed by atoms with van der Waals surface area (Å²) < 4.78 is 1.76. The van der Waals surface area contributed by atoms with Crippen molar-refractivity contribution in [3.8, 4) is 0 Å². The smallest absolute Gasteiger partial charge is 0.273 e. The van der Waals surface area contributed by atoms with Crippen LogP contribution >= 0.6 is 0 Å². The summed E-state index contributed by atoms with van der Waals surface area (Å²) in [6, 6.07) is 3.79.